The molecule has 0 amide bonds. The minimum Gasteiger partial charge on any atom is -0.489 e. The number of fused-ring (bicyclic) bond motifs is 1. The summed E-state index contributed by atoms with van der Waals surface area (Å²) in [4.78, 5) is 4.05. The number of hydrogen-bond donors (Lipinski definition) is 1. The van der Waals surface area contributed by atoms with E-state index in [1.165, 1.54) is 11.1 Å². The van der Waals surface area contributed by atoms with Crippen LogP contribution in [0.15, 0.2) is 42.7 Å². The zero-order valence-electron chi connectivity index (χ0n) is 11.3. The maximum Gasteiger partial charge on any atom is 0.142 e. The Morgan fingerprint density at radius 2 is 2.00 bits per heavy atom. The minimum atomic E-state index is 0.193. The predicted octanol–water partition coefficient (Wildman–Crippen LogP) is 3.75. The van der Waals surface area contributed by atoms with Gasteiger partial charge < -0.3 is 10.1 Å². The molecule has 2 aromatic rings. The molecule has 3 heteroatoms. The molecule has 19 heavy (non-hydrogen) atoms. The second kappa shape index (κ2) is 4.92. The molecule has 2 heterocycles. The number of nitrogens with one attached hydrogen (secondary N) is 1. The molecule has 0 bridgehead atoms. The topological polar surface area (TPSA) is 34.2 Å². The van der Waals surface area contributed by atoms with E-state index in [0.717, 1.165) is 11.4 Å². The Balaban J connectivity index is 1.88. The van der Waals surface area contributed by atoms with Gasteiger partial charge in [0.1, 0.15) is 12.4 Å². The number of aromatic nitrogens is 1. The van der Waals surface area contributed by atoms with Crippen LogP contribution in [0.1, 0.15) is 36.9 Å². The Morgan fingerprint density at radius 3 is 2.74 bits per heavy atom. The summed E-state index contributed by atoms with van der Waals surface area (Å²) in [6, 6.07) is 10.6. The molecular formula is C16H18N2O. The molecule has 1 aliphatic heterocycles. The zero-order valence-corrected chi connectivity index (χ0v) is 11.3. The number of pyridine rings is 1. The molecule has 1 unspecified atom stereocenters. The predicted molar refractivity (Wildman–Crippen MR) is 76.6 cm³/mol. The van der Waals surface area contributed by atoms with E-state index < -0.39 is 0 Å². The molecule has 0 saturated carbocycles. The van der Waals surface area contributed by atoms with Crippen molar-refractivity contribution < 1.29 is 4.74 Å². The van der Waals surface area contributed by atoms with Gasteiger partial charge in [-0.25, -0.2) is 0 Å². The summed E-state index contributed by atoms with van der Waals surface area (Å²) in [5.74, 6) is 1.46. The van der Waals surface area contributed by atoms with Crippen molar-refractivity contribution in [3.8, 4) is 5.75 Å². The Morgan fingerprint density at radius 1 is 1.21 bits per heavy atom. The van der Waals surface area contributed by atoms with Gasteiger partial charge in [-0.1, -0.05) is 19.9 Å². The van der Waals surface area contributed by atoms with Crippen molar-refractivity contribution >= 4 is 5.69 Å². The van der Waals surface area contributed by atoms with Crippen LogP contribution in [-0.2, 0) is 0 Å². The third kappa shape index (κ3) is 2.41. The van der Waals surface area contributed by atoms with E-state index in [0.29, 0.717) is 12.5 Å². The van der Waals surface area contributed by atoms with Gasteiger partial charge in [0.25, 0.3) is 0 Å². The van der Waals surface area contributed by atoms with Crippen LogP contribution in [0.2, 0.25) is 0 Å². The van der Waals surface area contributed by atoms with E-state index in [4.69, 9.17) is 4.74 Å². The molecule has 3 nitrogen and oxygen atoms in total. The number of hydrogen-bond acceptors (Lipinski definition) is 3. The molecule has 98 valence electrons. The highest BCUT2D eigenvalue weighted by atomic mass is 16.5. The molecule has 1 aliphatic rings. The number of anilines is 1. The third-order valence-electron chi connectivity index (χ3n) is 3.51. The van der Waals surface area contributed by atoms with Crippen LogP contribution in [0.25, 0.3) is 0 Å². The van der Waals surface area contributed by atoms with Gasteiger partial charge >= 0.3 is 0 Å². The first kappa shape index (κ1) is 12.0. The maximum atomic E-state index is 5.84. The highest BCUT2D eigenvalue weighted by Gasteiger charge is 2.20. The van der Waals surface area contributed by atoms with Crippen molar-refractivity contribution in [1.29, 1.82) is 0 Å². The van der Waals surface area contributed by atoms with Gasteiger partial charge in [0.2, 0.25) is 0 Å². The minimum absolute atomic E-state index is 0.193. The number of ether oxygens (including phenoxy) is 1. The molecule has 1 atom stereocenters. The Hall–Kier alpha value is -2.03. The van der Waals surface area contributed by atoms with Crippen LogP contribution in [-0.4, -0.2) is 11.6 Å². The lowest BCUT2D eigenvalue weighted by Crippen LogP contribution is -2.24. The zero-order chi connectivity index (χ0) is 13.2. The molecule has 0 saturated heterocycles. The summed E-state index contributed by atoms with van der Waals surface area (Å²) >= 11 is 0. The third-order valence-corrected chi connectivity index (χ3v) is 3.51. The van der Waals surface area contributed by atoms with Gasteiger partial charge in [0.05, 0.1) is 11.7 Å². The van der Waals surface area contributed by atoms with Crippen LogP contribution in [0, 0.1) is 0 Å². The summed E-state index contributed by atoms with van der Waals surface area (Å²) in [7, 11) is 0. The van der Waals surface area contributed by atoms with Gasteiger partial charge in [-0.2, -0.15) is 0 Å². The van der Waals surface area contributed by atoms with Crippen molar-refractivity contribution in [1.82, 2.24) is 4.98 Å². The van der Waals surface area contributed by atoms with Gasteiger partial charge in [-0.05, 0) is 41.3 Å². The summed E-state index contributed by atoms with van der Waals surface area (Å²) in [6.07, 6.45) is 3.63. The van der Waals surface area contributed by atoms with Crippen LogP contribution in [0.4, 0.5) is 5.69 Å². The van der Waals surface area contributed by atoms with E-state index in [9.17, 15) is 0 Å². The molecule has 1 N–H and O–H groups in total. The van der Waals surface area contributed by atoms with E-state index >= 15 is 0 Å². The molecule has 0 fully saturated rings. The molecule has 3 rings (SSSR count). The lowest BCUT2D eigenvalue weighted by molar-refractivity contribution is 0.286. The first-order chi connectivity index (χ1) is 9.24. The van der Waals surface area contributed by atoms with Crippen LogP contribution in [0.3, 0.4) is 0 Å². The molecule has 0 aliphatic carbocycles. The Kier molecular flexibility index (Phi) is 3.11. The average molecular weight is 254 g/mol. The summed E-state index contributed by atoms with van der Waals surface area (Å²) in [5, 5.41) is 3.56. The summed E-state index contributed by atoms with van der Waals surface area (Å²) in [6.45, 7) is 5.05. The van der Waals surface area contributed by atoms with Crippen LogP contribution >= 0.6 is 0 Å². The molecule has 1 aromatic carbocycles. The fourth-order valence-corrected chi connectivity index (χ4v) is 2.32. The molecular weight excluding hydrogens is 236 g/mol. The van der Waals surface area contributed by atoms with E-state index in [2.05, 4.69) is 42.3 Å². The monoisotopic (exact) mass is 254 g/mol. The second-order valence-corrected chi connectivity index (χ2v) is 5.20. The quantitative estimate of drug-likeness (QED) is 0.886. The highest BCUT2D eigenvalue weighted by Crippen LogP contribution is 2.35. The Labute approximate surface area is 113 Å². The lowest BCUT2D eigenvalue weighted by Gasteiger charge is -2.28. The van der Waals surface area contributed by atoms with Gasteiger partial charge in [-0.15, -0.1) is 0 Å². The van der Waals surface area contributed by atoms with Crippen LogP contribution < -0.4 is 10.1 Å². The van der Waals surface area contributed by atoms with E-state index in [1.54, 1.807) is 0 Å². The van der Waals surface area contributed by atoms with E-state index in [-0.39, 0.29) is 6.04 Å². The average Bonchev–Trinajstić information content (AvgIpc) is 2.47. The van der Waals surface area contributed by atoms with E-state index in [1.807, 2.05) is 24.5 Å². The summed E-state index contributed by atoms with van der Waals surface area (Å²) in [5.41, 5.74) is 3.61. The molecule has 1 aromatic heterocycles. The standard InChI is InChI=1S/C16H18N2O/c1-11(2)13-3-4-16-14(9-13)18-15(10-19-16)12-5-7-17-8-6-12/h3-9,11,15,18H,10H2,1-2H3. The van der Waals surface area contributed by atoms with Crippen molar-refractivity contribution in [2.24, 2.45) is 0 Å². The Bertz CT molecular complexity index is 566. The van der Waals surface area contributed by atoms with Crippen molar-refractivity contribution in [2.45, 2.75) is 25.8 Å². The smallest absolute Gasteiger partial charge is 0.142 e. The normalized spacial score (nSPS) is 17.5. The van der Waals surface area contributed by atoms with Gasteiger partial charge in [-0.3, -0.25) is 4.98 Å². The van der Waals surface area contributed by atoms with Crippen molar-refractivity contribution in [2.75, 3.05) is 11.9 Å². The number of benzene rings is 1. The first-order valence-electron chi connectivity index (χ1n) is 6.67. The maximum absolute atomic E-state index is 5.84. The summed E-state index contributed by atoms with van der Waals surface area (Å²) < 4.78 is 5.84. The molecule has 0 radical (unpaired) electrons. The largest absolute Gasteiger partial charge is 0.489 e. The highest BCUT2D eigenvalue weighted by molar-refractivity contribution is 5.61. The fourth-order valence-electron chi connectivity index (χ4n) is 2.32. The number of rotatable bonds is 2. The lowest BCUT2D eigenvalue weighted by atomic mass is 10.0. The fraction of sp³-hybridized carbons (Fsp3) is 0.312. The van der Waals surface area contributed by atoms with Crippen molar-refractivity contribution in [3.63, 3.8) is 0 Å². The molecule has 0 spiro atoms. The van der Waals surface area contributed by atoms with Crippen molar-refractivity contribution in [3.05, 3.63) is 53.9 Å². The first-order valence-corrected chi connectivity index (χ1v) is 6.67. The number of nitrogens with zero attached hydrogens (tertiary/aromatic N) is 1. The second-order valence-electron chi connectivity index (χ2n) is 5.20. The SMILES string of the molecule is CC(C)c1ccc2c(c1)NC(c1ccncc1)CO2. The van der Waals surface area contributed by atoms with Gasteiger partial charge in [0, 0.05) is 12.4 Å². The van der Waals surface area contributed by atoms with Gasteiger partial charge in [0.15, 0.2) is 0 Å². The van der Waals surface area contributed by atoms with Crippen LogP contribution in [0.5, 0.6) is 5.75 Å².